The fourth-order valence-electron chi connectivity index (χ4n) is 1.92. The molecule has 1 amide bonds. The fourth-order valence-corrected chi connectivity index (χ4v) is 1.92. The third-order valence-corrected chi connectivity index (χ3v) is 2.96. The summed E-state index contributed by atoms with van der Waals surface area (Å²) in [4.78, 5) is 11.5. The van der Waals surface area contributed by atoms with E-state index in [1.54, 1.807) is 0 Å². The molecule has 1 aromatic rings. The predicted octanol–water partition coefficient (Wildman–Crippen LogP) is 2.28. The van der Waals surface area contributed by atoms with Gasteiger partial charge in [-0.3, -0.25) is 4.79 Å². The summed E-state index contributed by atoms with van der Waals surface area (Å²) in [6.45, 7) is 5.22. The molecule has 3 nitrogen and oxygen atoms in total. The first-order chi connectivity index (χ1) is 8.16. The maximum atomic E-state index is 11.5. The second kappa shape index (κ2) is 5.21. The highest BCUT2D eigenvalue weighted by Gasteiger charge is 2.11. The maximum Gasteiger partial charge on any atom is 0.222 e. The Hall–Kier alpha value is -1.51. The second-order valence-corrected chi connectivity index (χ2v) is 4.77. The lowest BCUT2D eigenvalue weighted by Crippen LogP contribution is -2.27. The Morgan fingerprint density at radius 3 is 3.06 bits per heavy atom. The maximum absolute atomic E-state index is 11.5. The topological polar surface area (TPSA) is 38.3 Å². The van der Waals surface area contributed by atoms with E-state index in [9.17, 15) is 4.79 Å². The number of benzene rings is 1. The largest absolute Gasteiger partial charge is 0.493 e. The molecule has 0 radical (unpaired) electrons. The van der Waals surface area contributed by atoms with Gasteiger partial charge in [0, 0.05) is 12.5 Å². The van der Waals surface area contributed by atoms with E-state index in [0.717, 1.165) is 30.8 Å². The first kappa shape index (κ1) is 12.0. The SMILES string of the molecule is CC(C)C(=O)NCc1ccc2c(c1)CCCO2. The molecule has 0 saturated carbocycles. The number of aryl methyl sites for hydroxylation is 1. The van der Waals surface area contributed by atoms with Crippen LogP contribution >= 0.6 is 0 Å². The van der Waals surface area contributed by atoms with Crippen LogP contribution in [0, 0.1) is 5.92 Å². The van der Waals surface area contributed by atoms with Crippen molar-refractivity contribution in [1.82, 2.24) is 5.32 Å². The monoisotopic (exact) mass is 233 g/mol. The van der Waals surface area contributed by atoms with E-state index in [-0.39, 0.29) is 11.8 Å². The molecule has 3 heteroatoms. The number of carbonyl (C=O) groups is 1. The third-order valence-electron chi connectivity index (χ3n) is 2.96. The fraction of sp³-hybridized carbons (Fsp3) is 0.500. The number of nitrogens with one attached hydrogen (secondary N) is 1. The first-order valence-electron chi connectivity index (χ1n) is 6.19. The summed E-state index contributed by atoms with van der Waals surface area (Å²) in [5.41, 5.74) is 2.40. The van der Waals surface area contributed by atoms with Crippen LogP contribution in [0.25, 0.3) is 0 Å². The average molecular weight is 233 g/mol. The summed E-state index contributed by atoms with van der Waals surface area (Å²) in [5.74, 6) is 1.13. The van der Waals surface area contributed by atoms with Crippen LogP contribution in [0.4, 0.5) is 0 Å². The van der Waals surface area contributed by atoms with Crippen LogP contribution in [0.15, 0.2) is 18.2 Å². The highest BCUT2D eigenvalue weighted by molar-refractivity contribution is 5.77. The molecule has 0 unspecified atom stereocenters. The Morgan fingerprint density at radius 2 is 2.29 bits per heavy atom. The van der Waals surface area contributed by atoms with Gasteiger partial charge in [-0.1, -0.05) is 26.0 Å². The standard InChI is InChI=1S/C14H19NO2/c1-10(2)14(16)15-9-11-5-6-13-12(8-11)4-3-7-17-13/h5-6,8,10H,3-4,7,9H2,1-2H3,(H,15,16). The lowest BCUT2D eigenvalue weighted by Gasteiger charge is -2.18. The number of amides is 1. The lowest BCUT2D eigenvalue weighted by molar-refractivity contribution is -0.124. The molecule has 17 heavy (non-hydrogen) atoms. The lowest BCUT2D eigenvalue weighted by atomic mass is 10.0. The molecule has 0 saturated heterocycles. The summed E-state index contributed by atoms with van der Waals surface area (Å²) in [5, 5.41) is 2.93. The minimum absolute atomic E-state index is 0.0379. The van der Waals surface area contributed by atoms with Gasteiger partial charge in [0.2, 0.25) is 5.91 Å². The van der Waals surface area contributed by atoms with E-state index in [2.05, 4.69) is 11.4 Å². The Balaban J connectivity index is 2.00. The zero-order valence-corrected chi connectivity index (χ0v) is 10.5. The minimum Gasteiger partial charge on any atom is -0.493 e. The average Bonchev–Trinajstić information content (AvgIpc) is 2.35. The highest BCUT2D eigenvalue weighted by Crippen LogP contribution is 2.25. The molecular formula is C14H19NO2. The molecule has 0 bridgehead atoms. The molecule has 0 fully saturated rings. The summed E-state index contributed by atoms with van der Waals surface area (Å²) in [7, 11) is 0. The van der Waals surface area contributed by atoms with Gasteiger partial charge in [0.15, 0.2) is 0 Å². The molecule has 1 aromatic carbocycles. The summed E-state index contributed by atoms with van der Waals surface area (Å²) in [6, 6.07) is 6.16. The molecule has 0 spiro atoms. The van der Waals surface area contributed by atoms with Gasteiger partial charge in [-0.05, 0) is 30.0 Å². The molecule has 2 rings (SSSR count). The van der Waals surface area contributed by atoms with E-state index in [1.807, 2.05) is 26.0 Å². The van der Waals surface area contributed by atoms with Crippen LogP contribution in [0.1, 0.15) is 31.4 Å². The number of fused-ring (bicyclic) bond motifs is 1. The Labute approximate surface area is 102 Å². The van der Waals surface area contributed by atoms with Gasteiger partial charge in [0.25, 0.3) is 0 Å². The van der Waals surface area contributed by atoms with E-state index < -0.39 is 0 Å². The van der Waals surface area contributed by atoms with Crippen LogP contribution in [0.2, 0.25) is 0 Å². The quantitative estimate of drug-likeness (QED) is 0.869. The zero-order chi connectivity index (χ0) is 12.3. The number of carbonyl (C=O) groups excluding carboxylic acids is 1. The first-order valence-corrected chi connectivity index (χ1v) is 6.19. The molecule has 0 aromatic heterocycles. The van der Waals surface area contributed by atoms with Crippen molar-refractivity contribution in [3.63, 3.8) is 0 Å². The van der Waals surface area contributed by atoms with Gasteiger partial charge in [-0.25, -0.2) is 0 Å². The molecule has 1 N–H and O–H groups in total. The predicted molar refractivity (Wildman–Crippen MR) is 66.9 cm³/mol. The molecule has 92 valence electrons. The van der Waals surface area contributed by atoms with Crippen LogP contribution in [0.5, 0.6) is 5.75 Å². The molecule has 1 aliphatic rings. The van der Waals surface area contributed by atoms with Crippen molar-refractivity contribution in [3.05, 3.63) is 29.3 Å². The summed E-state index contributed by atoms with van der Waals surface area (Å²) >= 11 is 0. The number of hydrogen-bond acceptors (Lipinski definition) is 2. The zero-order valence-electron chi connectivity index (χ0n) is 10.5. The van der Waals surface area contributed by atoms with Gasteiger partial charge in [-0.2, -0.15) is 0 Å². The van der Waals surface area contributed by atoms with Crippen LogP contribution < -0.4 is 10.1 Å². The highest BCUT2D eigenvalue weighted by atomic mass is 16.5. The second-order valence-electron chi connectivity index (χ2n) is 4.77. The van der Waals surface area contributed by atoms with E-state index >= 15 is 0 Å². The molecule has 0 aliphatic carbocycles. The third kappa shape index (κ3) is 2.99. The van der Waals surface area contributed by atoms with E-state index in [0.29, 0.717) is 6.54 Å². The van der Waals surface area contributed by atoms with Crippen molar-refractivity contribution in [2.45, 2.75) is 33.2 Å². The Morgan fingerprint density at radius 1 is 1.47 bits per heavy atom. The molecule has 1 aliphatic heterocycles. The van der Waals surface area contributed by atoms with Crippen molar-refractivity contribution in [2.75, 3.05) is 6.61 Å². The Kier molecular flexibility index (Phi) is 3.67. The van der Waals surface area contributed by atoms with Gasteiger partial charge in [-0.15, -0.1) is 0 Å². The van der Waals surface area contributed by atoms with Crippen LogP contribution in [-0.4, -0.2) is 12.5 Å². The van der Waals surface area contributed by atoms with E-state index in [4.69, 9.17) is 4.74 Å². The molecular weight excluding hydrogens is 214 g/mol. The Bertz CT molecular complexity index is 413. The number of hydrogen-bond donors (Lipinski definition) is 1. The molecule has 0 atom stereocenters. The van der Waals surface area contributed by atoms with Crippen molar-refractivity contribution in [2.24, 2.45) is 5.92 Å². The van der Waals surface area contributed by atoms with Crippen molar-refractivity contribution in [1.29, 1.82) is 0 Å². The van der Waals surface area contributed by atoms with Gasteiger partial charge in [0.1, 0.15) is 5.75 Å². The minimum atomic E-state index is 0.0379. The molecule has 1 heterocycles. The van der Waals surface area contributed by atoms with Crippen molar-refractivity contribution in [3.8, 4) is 5.75 Å². The van der Waals surface area contributed by atoms with Gasteiger partial charge in [0.05, 0.1) is 6.61 Å². The number of ether oxygens (including phenoxy) is 1. The van der Waals surface area contributed by atoms with E-state index in [1.165, 1.54) is 5.56 Å². The van der Waals surface area contributed by atoms with Crippen LogP contribution in [0.3, 0.4) is 0 Å². The van der Waals surface area contributed by atoms with Gasteiger partial charge >= 0.3 is 0 Å². The normalized spacial score (nSPS) is 14.1. The van der Waals surface area contributed by atoms with Crippen LogP contribution in [-0.2, 0) is 17.8 Å². The van der Waals surface area contributed by atoms with Crippen molar-refractivity contribution >= 4 is 5.91 Å². The number of rotatable bonds is 3. The smallest absolute Gasteiger partial charge is 0.222 e. The van der Waals surface area contributed by atoms with Crippen molar-refractivity contribution < 1.29 is 9.53 Å². The van der Waals surface area contributed by atoms with Gasteiger partial charge < -0.3 is 10.1 Å². The summed E-state index contributed by atoms with van der Waals surface area (Å²) in [6.07, 6.45) is 2.15. The summed E-state index contributed by atoms with van der Waals surface area (Å²) < 4.78 is 5.55.